The average molecular weight is 386 g/mol. The minimum atomic E-state index is -0.473. The van der Waals surface area contributed by atoms with Gasteiger partial charge in [0.1, 0.15) is 5.00 Å². The van der Waals surface area contributed by atoms with Gasteiger partial charge in [0.25, 0.3) is 5.91 Å². The molecule has 0 unspecified atom stereocenters. The van der Waals surface area contributed by atoms with Crippen LogP contribution in [0.5, 0.6) is 0 Å². The normalized spacial score (nSPS) is 13.1. The highest BCUT2D eigenvalue weighted by Gasteiger charge is 2.30. The summed E-state index contributed by atoms with van der Waals surface area (Å²) in [6, 6.07) is 5.49. The predicted molar refractivity (Wildman–Crippen MR) is 104 cm³/mol. The number of carbonyl (C=O) groups excluding carboxylic acids is 3. The number of benzene rings is 1. The fourth-order valence-corrected chi connectivity index (χ4v) is 4.38. The number of rotatable bonds is 3. The molecule has 0 bridgehead atoms. The van der Waals surface area contributed by atoms with Gasteiger partial charge in [-0.05, 0) is 49.1 Å². The van der Waals surface area contributed by atoms with E-state index in [9.17, 15) is 14.4 Å². The van der Waals surface area contributed by atoms with Crippen LogP contribution in [0.2, 0.25) is 0 Å². The summed E-state index contributed by atoms with van der Waals surface area (Å²) in [5.74, 6) is -0.751. The van der Waals surface area contributed by atoms with E-state index in [1.165, 1.54) is 25.4 Å². The smallest absolute Gasteiger partial charge is 0.341 e. The number of aryl methyl sites for hydroxylation is 2. The van der Waals surface area contributed by atoms with Crippen LogP contribution in [0.25, 0.3) is 0 Å². The quantitative estimate of drug-likeness (QED) is 0.821. The van der Waals surface area contributed by atoms with Crippen molar-refractivity contribution in [2.24, 2.45) is 0 Å². The Hall–Kier alpha value is -2.67. The molecule has 1 aromatic heterocycles. The molecule has 0 aliphatic carbocycles. The summed E-state index contributed by atoms with van der Waals surface area (Å²) in [6.45, 7) is 6.46. The Morgan fingerprint density at radius 1 is 1.19 bits per heavy atom. The van der Waals surface area contributed by atoms with Gasteiger partial charge in [0, 0.05) is 23.9 Å². The molecule has 2 heterocycles. The zero-order valence-electron chi connectivity index (χ0n) is 15.8. The van der Waals surface area contributed by atoms with Crippen molar-refractivity contribution < 1.29 is 19.1 Å². The van der Waals surface area contributed by atoms with Crippen molar-refractivity contribution in [3.63, 3.8) is 0 Å². The van der Waals surface area contributed by atoms with E-state index in [-0.39, 0.29) is 11.8 Å². The van der Waals surface area contributed by atoms with E-state index < -0.39 is 5.97 Å². The Bertz CT molecular complexity index is 932. The fraction of sp³-hybridized carbons (Fsp3) is 0.350. The van der Waals surface area contributed by atoms with Crippen LogP contribution < -0.4 is 5.32 Å². The van der Waals surface area contributed by atoms with E-state index in [0.717, 1.165) is 21.6 Å². The molecule has 7 heteroatoms. The maximum absolute atomic E-state index is 12.7. The van der Waals surface area contributed by atoms with Crippen molar-refractivity contribution in [2.75, 3.05) is 19.0 Å². The number of thiophene rings is 1. The number of fused-ring (bicyclic) bond motifs is 1. The highest BCUT2D eigenvalue weighted by atomic mass is 32.1. The van der Waals surface area contributed by atoms with Crippen molar-refractivity contribution in [1.82, 2.24) is 4.90 Å². The molecular weight excluding hydrogens is 364 g/mol. The maximum atomic E-state index is 12.7. The Balaban J connectivity index is 1.95. The number of carbonyl (C=O) groups is 3. The second kappa shape index (κ2) is 7.52. The molecule has 0 saturated carbocycles. The van der Waals surface area contributed by atoms with Gasteiger partial charge in [-0.15, -0.1) is 11.3 Å². The van der Waals surface area contributed by atoms with E-state index >= 15 is 0 Å². The van der Waals surface area contributed by atoms with E-state index in [4.69, 9.17) is 4.74 Å². The molecule has 1 aromatic carbocycles. The van der Waals surface area contributed by atoms with Gasteiger partial charge in [0.2, 0.25) is 5.91 Å². The molecule has 0 radical (unpaired) electrons. The monoisotopic (exact) mass is 386 g/mol. The lowest BCUT2D eigenvalue weighted by atomic mass is 10.0. The molecule has 27 heavy (non-hydrogen) atoms. The number of hydrogen-bond acceptors (Lipinski definition) is 5. The summed E-state index contributed by atoms with van der Waals surface area (Å²) >= 11 is 1.33. The van der Waals surface area contributed by atoms with Gasteiger partial charge in [-0.25, -0.2) is 4.79 Å². The topological polar surface area (TPSA) is 75.7 Å². The first kappa shape index (κ1) is 19.1. The summed E-state index contributed by atoms with van der Waals surface area (Å²) < 4.78 is 4.93. The number of nitrogens with one attached hydrogen (secondary N) is 1. The maximum Gasteiger partial charge on any atom is 0.341 e. The summed E-state index contributed by atoms with van der Waals surface area (Å²) in [7, 11) is 1.33. The van der Waals surface area contributed by atoms with Crippen molar-refractivity contribution in [2.45, 2.75) is 33.7 Å². The van der Waals surface area contributed by atoms with Crippen molar-refractivity contribution in [1.29, 1.82) is 0 Å². The van der Waals surface area contributed by atoms with E-state index in [0.29, 0.717) is 35.6 Å². The van der Waals surface area contributed by atoms with Gasteiger partial charge < -0.3 is 15.0 Å². The predicted octanol–water partition coefficient (Wildman–Crippen LogP) is 3.31. The van der Waals surface area contributed by atoms with Crippen LogP contribution in [0.15, 0.2) is 18.2 Å². The average Bonchev–Trinajstić information content (AvgIpc) is 3.00. The lowest BCUT2D eigenvalue weighted by molar-refractivity contribution is -0.129. The number of hydrogen-bond donors (Lipinski definition) is 1. The van der Waals surface area contributed by atoms with Gasteiger partial charge in [-0.3, -0.25) is 9.59 Å². The van der Waals surface area contributed by atoms with Gasteiger partial charge in [-0.1, -0.05) is 6.07 Å². The van der Waals surface area contributed by atoms with E-state index in [1.54, 1.807) is 11.0 Å². The van der Waals surface area contributed by atoms with Crippen LogP contribution in [-0.2, 0) is 22.5 Å². The molecule has 3 rings (SSSR count). The third-order valence-electron chi connectivity index (χ3n) is 4.89. The molecule has 0 atom stereocenters. The fourth-order valence-electron chi connectivity index (χ4n) is 3.14. The number of esters is 1. The van der Waals surface area contributed by atoms with Gasteiger partial charge >= 0.3 is 5.97 Å². The Morgan fingerprint density at radius 2 is 1.93 bits per heavy atom. The lowest BCUT2D eigenvalue weighted by Gasteiger charge is -2.25. The third-order valence-corrected chi connectivity index (χ3v) is 6.02. The molecule has 2 aromatic rings. The van der Waals surface area contributed by atoms with Crippen molar-refractivity contribution >= 4 is 34.1 Å². The minimum Gasteiger partial charge on any atom is -0.465 e. The second-order valence-electron chi connectivity index (χ2n) is 6.64. The second-order valence-corrected chi connectivity index (χ2v) is 7.75. The molecule has 1 N–H and O–H groups in total. The molecular formula is C20H22N2O4S. The van der Waals surface area contributed by atoms with Crippen molar-refractivity contribution in [3.05, 3.63) is 50.9 Å². The third kappa shape index (κ3) is 3.73. The zero-order chi connectivity index (χ0) is 19.7. The van der Waals surface area contributed by atoms with Crippen LogP contribution in [0.3, 0.4) is 0 Å². The molecule has 1 aliphatic rings. The molecule has 1 aliphatic heterocycles. The van der Waals surface area contributed by atoms with Gasteiger partial charge in [-0.2, -0.15) is 0 Å². The number of anilines is 1. The van der Waals surface area contributed by atoms with Crippen LogP contribution >= 0.6 is 11.3 Å². The standard InChI is InChI=1S/C20H22N2O4S/c1-11-5-6-14(9-12(11)2)18(24)21-19-17(20(25)26-4)15-7-8-22(13(3)23)10-16(15)27-19/h5-6,9H,7-8,10H2,1-4H3,(H,21,24). The Labute approximate surface area is 162 Å². The summed E-state index contributed by atoms with van der Waals surface area (Å²) in [6.07, 6.45) is 0.565. The summed E-state index contributed by atoms with van der Waals surface area (Å²) in [5, 5.41) is 3.34. The van der Waals surface area contributed by atoms with Crippen molar-refractivity contribution in [3.8, 4) is 0 Å². The number of nitrogens with zero attached hydrogens (tertiary/aromatic N) is 1. The molecule has 2 amide bonds. The van der Waals surface area contributed by atoms with E-state index in [1.807, 2.05) is 26.0 Å². The lowest BCUT2D eigenvalue weighted by Crippen LogP contribution is -2.33. The van der Waals surface area contributed by atoms with Crippen LogP contribution in [0.1, 0.15) is 49.2 Å². The van der Waals surface area contributed by atoms with Crippen LogP contribution in [0, 0.1) is 13.8 Å². The first-order valence-electron chi connectivity index (χ1n) is 8.68. The Morgan fingerprint density at radius 3 is 2.56 bits per heavy atom. The number of ether oxygens (including phenoxy) is 1. The summed E-state index contributed by atoms with van der Waals surface area (Å²) in [4.78, 5) is 39.4. The van der Waals surface area contributed by atoms with E-state index in [2.05, 4.69) is 5.32 Å². The van der Waals surface area contributed by atoms with Gasteiger partial charge in [0.15, 0.2) is 0 Å². The molecule has 0 saturated heterocycles. The zero-order valence-corrected chi connectivity index (χ0v) is 16.7. The minimum absolute atomic E-state index is 0.00520. The molecule has 0 fully saturated rings. The first-order valence-corrected chi connectivity index (χ1v) is 9.50. The Kier molecular flexibility index (Phi) is 5.32. The molecule has 142 valence electrons. The van der Waals surface area contributed by atoms with Crippen LogP contribution in [0.4, 0.5) is 5.00 Å². The largest absolute Gasteiger partial charge is 0.465 e. The highest BCUT2D eigenvalue weighted by molar-refractivity contribution is 7.17. The number of methoxy groups -OCH3 is 1. The van der Waals surface area contributed by atoms with Crippen LogP contribution in [-0.4, -0.2) is 36.3 Å². The summed E-state index contributed by atoms with van der Waals surface area (Å²) in [5.41, 5.74) is 3.93. The first-order chi connectivity index (χ1) is 12.8. The molecule has 0 spiro atoms. The van der Waals surface area contributed by atoms with Gasteiger partial charge in [0.05, 0.1) is 19.2 Å². The SMILES string of the molecule is COC(=O)c1c(NC(=O)c2ccc(C)c(C)c2)sc2c1CCN(C(C)=O)C2. The highest BCUT2D eigenvalue weighted by Crippen LogP contribution is 2.38. The number of amides is 2. The molecule has 6 nitrogen and oxygen atoms in total.